The Kier molecular flexibility index (Phi) is 10.4. The van der Waals surface area contributed by atoms with Gasteiger partial charge in [0.15, 0.2) is 12.1 Å². The van der Waals surface area contributed by atoms with Crippen molar-refractivity contribution >= 4 is 29.5 Å². The van der Waals surface area contributed by atoms with Crippen molar-refractivity contribution in [2.75, 3.05) is 26.2 Å². The van der Waals surface area contributed by atoms with E-state index in [1.807, 2.05) is 0 Å². The largest absolute Gasteiger partial charge is 0.481 e. The third-order valence-corrected chi connectivity index (χ3v) is 5.11. The van der Waals surface area contributed by atoms with Crippen molar-refractivity contribution in [2.24, 2.45) is 0 Å². The lowest BCUT2D eigenvalue weighted by Crippen LogP contribution is -2.53. The summed E-state index contributed by atoms with van der Waals surface area (Å²) >= 11 is 0. The van der Waals surface area contributed by atoms with Crippen LogP contribution in [0.4, 0.5) is 0 Å². The van der Waals surface area contributed by atoms with Crippen molar-refractivity contribution in [2.45, 2.75) is 38.0 Å². The molecule has 0 aromatic rings. The summed E-state index contributed by atoms with van der Waals surface area (Å²) in [5, 5.41) is 50.2. The molecule has 2 aliphatic heterocycles. The van der Waals surface area contributed by atoms with Crippen molar-refractivity contribution in [1.82, 2.24) is 19.8 Å². The fourth-order valence-corrected chi connectivity index (χ4v) is 3.30. The van der Waals surface area contributed by atoms with E-state index in [2.05, 4.69) is 0 Å². The van der Waals surface area contributed by atoms with E-state index >= 15 is 0 Å². The Hall–Kier alpha value is -3.27. The van der Waals surface area contributed by atoms with Gasteiger partial charge in [-0.3, -0.25) is 38.8 Å². The molecule has 0 spiro atoms. The molecule has 0 radical (unpaired) electrons. The van der Waals surface area contributed by atoms with Crippen molar-refractivity contribution in [3.05, 3.63) is 36.6 Å². The van der Waals surface area contributed by atoms with Crippen LogP contribution < -0.4 is 0 Å². The Labute approximate surface area is 200 Å². The zero-order valence-electron chi connectivity index (χ0n) is 18.7. The van der Waals surface area contributed by atoms with Gasteiger partial charge in [0.1, 0.15) is 12.5 Å². The van der Waals surface area contributed by atoms with E-state index < -0.39 is 55.4 Å². The molecule has 0 aliphatic carbocycles. The van der Waals surface area contributed by atoms with Crippen LogP contribution in [0.3, 0.4) is 0 Å². The zero-order chi connectivity index (χ0) is 26.1. The fourth-order valence-electron chi connectivity index (χ4n) is 3.30. The number of aliphatic hydroxyl groups excluding tert-OH is 3. The van der Waals surface area contributed by atoms with Gasteiger partial charge in [-0.2, -0.15) is 5.01 Å². The average Bonchev–Trinajstić information content (AvgIpc) is 3.11. The molecule has 2 atom stereocenters. The van der Waals surface area contributed by atoms with E-state index in [1.165, 1.54) is 17.1 Å². The van der Waals surface area contributed by atoms with Gasteiger partial charge in [0.05, 0.1) is 13.0 Å². The van der Waals surface area contributed by atoms with Crippen molar-refractivity contribution in [3.8, 4) is 0 Å². The van der Waals surface area contributed by atoms with Gasteiger partial charge in [0.25, 0.3) is 11.8 Å². The van der Waals surface area contributed by atoms with Crippen LogP contribution in [0.2, 0.25) is 0 Å². The highest BCUT2D eigenvalue weighted by Gasteiger charge is 2.29. The summed E-state index contributed by atoms with van der Waals surface area (Å²) in [4.78, 5) is 61.2. The molecule has 0 bridgehead atoms. The van der Waals surface area contributed by atoms with Crippen LogP contribution in [0, 0.1) is 0 Å². The van der Waals surface area contributed by atoms with Gasteiger partial charge in [-0.15, -0.1) is 0 Å². The van der Waals surface area contributed by atoms with Gasteiger partial charge < -0.3 is 25.5 Å². The highest BCUT2D eigenvalue weighted by molar-refractivity contribution is 6.13. The summed E-state index contributed by atoms with van der Waals surface area (Å²) in [6, 6.07) is 0. The Morgan fingerprint density at radius 1 is 1.06 bits per heavy atom. The van der Waals surface area contributed by atoms with Crippen LogP contribution in [-0.4, -0.2) is 120 Å². The number of amides is 3. The lowest BCUT2D eigenvalue weighted by atomic mass is 10.2. The smallest absolute Gasteiger partial charge is 0.305 e. The number of ketones is 1. The molecule has 0 saturated carbocycles. The highest BCUT2D eigenvalue weighted by atomic mass is 16.5. The molecule has 14 heteroatoms. The number of carbonyl (C=O) groups is 5. The predicted octanol–water partition coefficient (Wildman–Crippen LogP) is -2.89. The molecule has 2 rings (SSSR count). The number of carboxylic acid groups (broad SMARTS) is 1. The molecule has 0 fully saturated rings. The summed E-state index contributed by atoms with van der Waals surface area (Å²) < 4.78 is 0. The van der Waals surface area contributed by atoms with Crippen molar-refractivity contribution < 1.29 is 49.5 Å². The summed E-state index contributed by atoms with van der Waals surface area (Å²) in [6.45, 7) is -0.907. The monoisotopic (exact) mass is 496 g/mol. The van der Waals surface area contributed by atoms with Crippen LogP contribution in [-0.2, 0) is 24.0 Å². The van der Waals surface area contributed by atoms with Crippen molar-refractivity contribution in [1.29, 1.82) is 0 Å². The average molecular weight is 496 g/mol. The lowest BCUT2D eigenvalue weighted by molar-refractivity contribution is -0.172. The molecule has 0 aromatic carbocycles. The van der Waals surface area contributed by atoms with Gasteiger partial charge in [0.2, 0.25) is 5.91 Å². The first-order valence-corrected chi connectivity index (χ1v) is 10.7. The number of carbonyl (C=O) groups excluding carboxylic acids is 4. The maximum atomic E-state index is 13.0. The fraction of sp³-hybridized carbons (Fsp3) is 0.476. The number of nitrogens with zero attached hydrogens (tertiary/aromatic N) is 4. The first-order valence-electron chi connectivity index (χ1n) is 10.7. The van der Waals surface area contributed by atoms with Crippen LogP contribution >= 0.6 is 0 Å². The third-order valence-electron chi connectivity index (χ3n) is 5.11. The lowest BCUT2D eigenvalue weighted by Gasteiger charge is -2.38. The molecule has 0 aromatic heterocycles. The van der Waals surface area contributed by atoms with Crippen LogP contribution in [0.5, 0.6) is 0 Å². The molecule has 3 amide bonds. The molecular formula is C21H28N4O10. The minimum absolute atomic E-state index is 0.0650. The number of rotatable bonds is 13. The number of aliphatic carboxylic acids is 1. The topological polar surface area (TPSA) is 199 Å². The number of hydrogen-bond donors (Lipinski definition) is 5. The number of imide groups is 1. The summed E-state index contributed by atoms with van der Waals surface area (Å²) in [7, 11) is 0. The molecule has 35 heavy (non-hydrogen) atoms. The first kappa shape index (κ1) is 28.0. The maximum absolute atomic E-state index is 13.0. The predicted molar refractivity (Wildman–Crippen MR) is 116 cm³/mol. The zero-order valence-corrected chi connectivity index (χ0v) is 18.7. The quantitative estimate of drug-likeness (QED) is 0.0992. The van der Waals surface area contributed by atoms with E-state index in [9.17, 15) is 44.4 Å². The second-order valence-corrected chi connectivity index (χ2v) is 7.69. The SMILES string of the molecule is O=C(O)CCN(C(=O)CCN1CC(=O)C=CC1O)N(CCC(O)O)C(O)/C=C/N1C(=O)C=CC1=O. The van der Waals surface area contributed by atoms with Gasteiger partial charge in [-0.05, 0) is 18.2 Å². The third kappa shape index (κ3) is 8.47. The summed E-state index contributed by atoms with van der Waals surface area (Å²) in [6.07, 6.45) is 0.824. The number of hydrogen-bond acceptors (Lipinski definition) is 11. The normalized spacial score (nSPS) is 19.5. The van der Waals surface area contributed by atoms with E-state index in [1.54, 1.807) is 0 Å². The molecule has 5 N–H and O–H groups in total. The van der Waals surface area contributed by atoms with Crippen molar-refractivity contribution in [3.63, 3.8) is 0 Å². The maximum Gasteiger partial charge on any atom is 0.305 e. The summed E-state index contributed by atoms with van der Waals surface area (Å²) in [5.41, 5.74) is 0. The molecule has 0 saturated heterocycles. The number of hydrazine groups is 1. The standard InChI is InChI=1S/C21H28N4O10/c26-14-1-2-15(27)22(13-14)9-5-18(30)24(11-7-20(32)33)25(12-8-21(34)35)19(31)6-10-23-16(28)3-4-17(23)29/h1-4,6,10,15,19,21,27,31,34-35H,5,7-9,11-13H2,(H,32,33)/b10-6+. The Morgan fingerprint density at radius 2 is 1.71 bits per heavy atom. The molecule has 14 nitrogen and oxygen atoms in total. The van der Waals surface area contributed by atoms with Gasteiger partial charge in [-0.25, -0.2) is 0 Å². The van der Waals surface area contributed by atoms with E-state index in [-0.39, 0.29) is 38.3 Å². The van der Waals surface area contributed by atoms with E-state index in [0.717, 1.165) is 34.4 Å². The molecule has 2 heterocycles. The minimum Gasteiger partial charge on any atom is -0.481 e. The molecule has 2 unspecified atom stereocenters. The van der Waals surface area contributed by atoms with E-state index in [4.69, 9.17) is 5.11 Å². The second-order valence-electron chi connectivity index (χ2n) is 7.69. The number of aliphatic hydroxyl groups is 4. The Bertz CT molecular complexity index is 898. The second kappa shape index (κ2) is 13.0. The van der Waals surface area contributed by atoms with Gasteiger partial charge in [-0.1, -0.05) is 0 Å². The minimum atomic E-state index is -1.81. The Morgan fingerprint density at radius 3 is 2.31 bits per heavy atom. The number of carboxylic acids is 1. The molecular weight excluding hydrogens is 468 g/mol. The molecule has 2 aliphatic rings. The van der Waals surface area contributed by atoms with Crippen LogP contribution in [0.25, 0.3) is 0 Å². The van der Waals surface area contributed by atoms with Crippen LogP contribution in [0.15, 0.2) is 36.6 Å². The van der Waals surface area contributed by atoms with Crippen LogP contribution in [0.1, 0.15) is 19.3 Å². The highest BCUT2D eigenvalue weighted by Crippen LogP contribution is 2.14. The first-order chi connectivity index (χ1) is 16.5. The van der Waals surface area contributed by atoms with Gasteiger partial charge in [0, 0.05) is 50.8 Å². The van der Waals surface area contributed by atoms with E-state index in [0.29, 0.717) is 4.90 Å². The Balaban J connectivity index is 2.20. The molecule has 192 valence electrons. The van der Waals surface area contributed by atoms with Gasteiger partial charge >= 0.3 is 5.97 Å². The summed E-state index contributed by atoms with van der Waals surface area (Å²) in [5.74, 6) is -3.51.